The van der Waals surface area contributed by atoms with Crippen LogP contribution in [0.15, 0.2) is 18.2 Å². The highest BCUT2D eigenvalue weighted by molar-refractivity contribution is 6.06. The van der Waals surface area contributed by atoms with Gasteiger partial charge in [-0.2, -0.15) is 0 Å². The largest absolute Gasteiger partial charge is 0.381 e. The van der Waals surface area contributed by atoms with E-state index in [1.807, 2.05) is 12.1 Å². The van der Waals surface area contributed by atoms with Gasteiger partial charge < -0.3 is 15.4 Å². The third-order valence-electron chi connectivity index (χ3n) is 3.67. The van der Waals surface area contributed by atoms with Crippen molar-refractivity contribution in [2.24, 2.45) is 0 Å². The zero-order valence-electron chi connectivity index (χ0n) is 9.88. The molecule has 0 saturated carbocycles. The van der Waals surface area contributed by atoms with E-state index in [4.69, 9.17) is 4.74 Å². The van der Waals surface area contributed by atoms with E-state index in [-0.39, 0.29) is 5.91 Å². The number of aryl methyl sites for hydroxylation is 1. The highest BCUT2D eigenvalue weighted by Gasteiger charge is 2.43. The Morgan fingerprint density at radius 3 is 2.82 bits per heavy atom. The van der Waals surface area contributed by atoms with Crippen molar-refractivity contribution in [3.63, 3.8) is 0 Å². The second kappa shape index (κ2) is 3.74. The highest BCUT2D eigenvalue weighted by Crippen LogP contribution is 2.37. The van der Waals surface area contributed by atoms with Crippen molar-refractivity contribution in [1.82, 2.24) is 0 Å². The number of rotatable bonds is 0. The summed E-state index contributed by atoms with van der Waals surface area (Å²) in [7, 11) is 0. The van der Waals surface area contributed by atoms with Crippen LogP contribution in [0.4, 0.5) is 11.4 Å². The number of nitrogens with one attached hydrogen (secondary N) is 2. The number of fused-ring (bicyclic) bond motifs is 1. The summed E-state index contributed by atoms with van der Waals surface area (Å²) in [6.45, 7) is 3.33. The number of ether oxygens (including phenoxy) is 1. The van der Waals surface area contributed by atoms with Crippen LogP contribution in [0.1, 0.15) is 18.4 Å². The van der Waals surface area contributed by atoms with Gasteiger partial charge in [0.2, 0.25) is 5.91 Å². The minimum atomic E-state index is -0.475. The Morgan fingerprint density at radius 2 is 2.06 bits per heavy atom. The first-order chi connectivity index (χ1) is 8.21. The minimum Gasteiger partial charge on any atom is -0.381 e. The number of anilines is 2. The maximum Gasteiger partial charge on any atom is 0.250 e. The molecule has 1 aromatic rings. The van der Waals surface area contributed by atoms with E-state index in [1.54, 1.807) is 0 Å². The van der Waals surface area contributed by atoms with Crippen LogP contribution in [0.2, 0.25) is 0 Å². The average Bonchev–Trinajstić information content (AvgIpc) is 2.34. The molecule has 2 heterocycles. The molecule has 0 bridgehead atoms. The number of carbonyl (C=O) groups excluding carboxylic acids is 1. The summed E-state index contributed by atoms with van der Waals surface area (Å²) in [6, 6.07) is 5.94. The topological polar surface area (TPSA) is 50.4 Å². The fourth-order valence-corrected chi connectivity index (χ4v) is 2.55. The zero-order chi connectivity index (χ0) is 11.9. The summed E-state index contributed by atoms with van der Waals surface area (Å²) in [6.07, 6.45) is 1.46. The summed E-state index contributed by atoms with van der Waals surface area (Å²) in [4.78, 5) is 12.2. The van der Waals surface area contributed by atoms with Crippen molar-refractivity contribution in [3.8, 4) is 0 Å². The fraction of sp³-hybridized carbons (Fsp3) is 0.462. The first-order valence-corrected chi connectivity index (χ1v) is 5.98. The fourth-order valence-electron chi connectivity index (χ4n) is 2.55. The van der Waals surface area contributed by atoms with E-state index in [9.17, 15) is 4.79 Å². The number of hydrogen-bond acceptors (Lipinski definition) is 3. The molecule has 0 aliphatic carbocycles. The van der Waals surface area contributed by atoms with E-state index in [1.165, 1.54) is 0 Å². The third kappa shape index (κ3) is 1.60. The van der Waals surface area contributed by atoms with Gasteiger partial charge in [0.05, 0.1) is 11.4 Å². The van der Waals surface area contributed by atoms with Gasteiger partial charge in [0.15, 0.2) is 0 Å². The molecule has 2 N–H and O–H groups in total. The molecule has 0 aromatic heterocycles. The molecule has 4 heteroatoms. The van der Waals surface area contributed by atoms with Gasteiger partial charge >= 0.3 is 0 Å². The van der Waals surface area contributed by atoms with Crippen molar-refractivity contribution in [2.45, 2.75) is 25.3 Å². The molecule has 17 heavy (non-hydrogen) atoms. The molecule has 1 fully saturated rings. The van der Waals surface area contributed by atoms with Crippen LogP contribution in [-0.2, 0) is 9.53 Å². The standard InChI is InChI=1S/C13H16N2O2/c1-9-3-2-4-10-11(9)15-13(12(16)14-10)5-7-17-8-6-13/h2-4,15H,5-8H2,1H3,(H,14,16). The smallest absolute Gasteiger partial charge is 0.250 e. The van der Waals surface area contributed by atoms with E-state index in [0.29, 0.717) is 13.2 Å². The molecule has 0 radical (unpaired) electrons. The lowest BCUT2D eigenvalue weighted by Crippen LogP contribution is -2.55. The predicted molar refractivity (Wildman–Crippen MR) is 66.2 cm³/mol. The molecule has 1 spiro atoms. The van der Waals surface area contributed by atoms with Crippen LogP contribution in [0.3, 0.4) is 0 Å². The third-order valence-corrected chi connectivity index (χ3v) is 3.67. The predicted octanol–water partition coefficient (Wildman–Crippen LogP) is 1.91. The summed E-state index contributed by atoms with van der Waals surface area (Å²) in [5.74, 6) is 0.0684. The van der Waals surface area contributed by atoms with Gasteiger partial charge in [0.1, 0.15) is 5.54 Å². The van der Waals surface area contributed by atoms with Gasteiger partial charge in [0, 0.05) is 26.1 Å². The van der Waals surface area contributed by atoms with Crippen LogP contribution in [0, 0.1) is 6.92 Å². The highest BCUT2D eigenvalue weighted by atomic mass is 16.5. The Kier molecular flexibility index (Phi) is 2.33. The van der Waals surface area contributed by atoms with Crippen molar-refractivity contribution in [2.75, 3.05) is 23.8 Å². The Hall–Kier alpha value is -1.55. The Labute approximate surface area is 100 Å². The SMILES string of the molecule is Cc1cccc2c1NC1(CCOCC1)C(=O)N2. The molecule has 2 aliphatic rings. The first-order valence-electron chi connectivity index (χ1n) is 5.98. The Balaban J connectivity index is 2.01. The van der Waals surface area contributed by atoms with Crippen molar-refractivity contribution in [1.29, 1.82) is 0 Å². The van der Waals surface area contributed by atoms with E-state index < -0.39 is 5.54 Å². The summed E-state index contributed by atoms with van der Waals surface area (Å²) in [5, 5.41) is 6.44. The van der Waals surface area contributed by atoms with Crippen LogP contribution in [0.25, 0.3) is 0 Å². The normalized spacial score (nSPS) is 21.6. The molecule has 0 unspecified atom stereocenters. The molecule has 1 aromatic carbocycles. The lowest BCUT2D eigenvalue weighted by atomic mass is 9.86. The van der Waals surface area contributed by atoms with Crippen molar-refractivity contribution >= 4 is 17.3 Å². The zero-order valence-corrected chi connectivity index (χ0v) is 9.88. The van der Waals surface area contributed by atoms with Gasteiger partial charge in [-0.05, 0) is 18.6 Å². The van der Waals surface area contributed by atoms with Gasteiger partial charge in [-0.15, -0.1) is 0 Å². The molecule has 0 atom stereocenters. The molecule has 1 amide bonds. The Bertz CT molecular complexity index is 464. The lowest BCUT2D eigenvalue weighted by molar-refractivity contribution is -0.123. The molecule has 2 aliphatic heterocycles. The number of amides is 1. The van der Waals surface area contributed by atoms with Crippen LogP contribution in [0.5, 0.6) is 0 Å². The number of benzene rings is 1. The van der Waals surface area contributed by atoms with Crippen LogP contribution >= 0.6 is 0 Å². The van der Waals surface area contributed by atoms with Crippen molar-refractivity contribution in [3.05, 3.63) is 23.8 Å². The molecular weight excluding hydrogens is 216 g/mol. The quantitative estimate of drug-likeness (QED) is 0.718. The average molecular weight is 232 g/mol. The molecule has 4 nitrogen and oxygen atoms in total. The lowest BCUT2D eigenvalue weighted by Gasteiger charge is -2.41. The van der Waals surface area contributed by atoms with Gasteiger partial charge in [-0.1, -0.05) is 12.1 Å². The summed E-state index contributed by atoms with van der Waals surface area (Å²) >= 11 is 0. The molecular formula is C13H16N2O2. The molecule has 3 rings (SSSR count). The van der Waals surface area contributed by atoms with E-state index in [2.05, 4.69) is 23.6 Å². The molecule has 90 valence electrons. The van der Waals surface area contributed by atoms with Crippen molar-refractivity contribution < 1.29 is 9.53 Å². The van der Waals surface area contributed by atoms with E-state index in [0.717, 1.165) is 29.8 Å². The van der Waals surface area contributed by atoms with Gasteiger partial charge in [-0.3, -0.25) is 4.79 Å². The van der Waals surface area contributed by atoms with Gasteiger partial charge in [0.25, 0.3) is 0 Å². The monoisotopic (exact) mass is 232 g/mol. The maximum atomic E-state index is 12.2. The van der Waals surface area contributed by atoms with Crippen LogP contribution in [-0.4, -0.2) is 24.7 Å². The van der Waals surface area contributed by atoms with E-state index >= 15 is 0 Å². The number of para-hydroxylation sites is 1. The summed E-state index contributed by atoms with van der Waals surface area (Å²) < 4.78 is 5.34. The molecule has 1 saturated heterocycles. The Morgan fingerprint density at radius 1 is 1.29 bits per heavy atom. The minimum absolute atomic E-state index is 0.0684. The maximum absolute atomic E-state index is 12.2. The van der Waals surface area contributed by atoms with Gasteiger partial charge in [-0.25, -0.2) is 0 Å². The number of carbonyl (C=O) groups is 1. The second-order valence-corrected chi connectivity index (χ2v) is 4.77. The second-order valence-electron chi connectivity index (χ2n) is 4.77. The van der Waals surface area contributed by atoms with Crippen LogP contribution < -0.4 is 10.6 Å². The number of hydrogen-bond donors (Lipinski definition) is 2. The first kappa shape index (κ1) is 10.6. The summed E-state index contributed by atoms with van der Waals surface area (Å²) in [5.41, 5.74) is 2.62.